The van der Waals surface area contributed by atoms with Gasteiger partial charge in [-0.3, -0.25) is 0 Å². The molecule has 0 aliphatic carbocycles. The summed E-state index contributed by atoms with van der Waals surface area (Å²) in [5.41, 5.74) is -1.21. The quantitative estimate of drug-likeness (QED) is 0.723. The number of thioether (sulfide) groups is 1. The maximum Gasteiger partial charge on any atom is 0.329 e. The van der Waals surface area contributed by atoms with Crippen molar-refractivity contribution in [3.8, 4) is 0 Å². The molecule has 0 radical (unpaired) electrons. The molecule has 0 fully saturated rings. The summed E-state index contributed by atoms with van der Waals surface area (Å²) < 4.78 is 0.0163. The van der Waals surface area contributed by atoms with Crippen molar-refractivity contribution in [3.05, 3.63) is 0 Å². The average molecular weight is 304 g/mol. The van der Waals surface area contributed by atoms with Gasteiger partial charge in [-0.15, -0.1) is 0 Å². The summed E-state index contributed by atoms with van der Waals surface area (Å²) >= 11 is 1.74. The third-order valence-corrected chi connectivity index (χ3v) is 5.63. The summed E-state index contributed by atoms with van der Waals surface area (Å²) in [6.07, 6.45) is 3.96. The van der Waals surface area contributed by atoms with Crippen molar-refractivity contribution in [2.45, 2.75) is 57.7 Å². The maximum atomic E-state index is 12.3. The molecule has 0 bridgehead atoms. The molecule has 0 heterocycles. The molecule has 0 aliphatic rings. The molecule has 0 aliphatic heterocycles. The lowest BCUT2D eigenvalue weighted by Gasteiger charge is -2.36. The van der Waals surface area contributed by atoms with E-state index in [-0.39, 0.29) is 10.8 Å². The molecule has 0 atom stereocenters. The van der Waals surface area contributed by atoms with Gasteiger partial charge in [0.1, 0.15) is 5.54 Å². The zero-order valence-corrected chi connectivity index (χ0v) is 14.3. The van der Waals surface area contributed by atoms with Gasteiger partial charge in [0.25, 0.3) is 0 Å². The van der Waals surface area contributed by atoms with Crippen molar-refractivity contribution in [1.82, 2.24) is 10.2 Å². The van der Waals surface area contributed by atoms with Crippen molar-refractivity contribution in [2.75, 3.05) is 19.3 Å². The average Bonchev–Trinajstić information content (AvgIpc) is 2.41. The van der Waals surface area contributed by atoms with E-state index in [0.717, 1.165) is 12.8 Å². The molecule has 0 unspecified atom stereocenters. The molecular weight excluding hydrogens is 276 g/mol. The molecule has 0 saturated heterocycles. The minimum Gasteiger partial charge on any atom is -0.480 e. The Hall–Kier alpha value is -0.910. The van der Waals surface area contributed by atoms with Gasteiger partial charge in [-0.2, -0.15) is 11.8 Å². The minimum absolute atomic E-state index is 0.0163. The van der Waals surface area contributed by atoms with Crippen molar-refractivity contribution >= 4 is 23.8 Å². The second-order valence-corrected chi connectivity index (χ2v) is 6.64. The van der Waals surface area contributed by atoms with Crippen molar-refractivity contribution < 1.29 is 14.7 Å². The third-order valence-electron chi connectivity index (χ3n) is 4.04. The van der Waals surface area contributed by atoms with Crippen LogP contribution in [-0.2, 0) is 4.79 Å². The zero-order chi connectivity index (χ0) is 16.0. The number of nitrogens with one attached hydrogen (secondary N) is 1. The van der Waals surface area contributed by atoms with Crippen LogP contribution in [0.5, 0.6) is 0 Å². The Labute approximate surface area is 126 Å². The number of amides is 2. The van der Waals surface area contributed by atoms with E-state index in [1.807, 2.05) is 6.26 Å². The van der Waals surface area contributed by atoms with Crippen LogP contribution in [0.25, 0.3) is 0 Å². The highest BCUT2D eigenvalue weighted by Crippen LogP contribution is 2.29. The summed E-state index contributed by atoms with van der Waals surface area (Å²) in [4.78, 5) is 24.9. The number of urea groups is 1. The van der Waals surface area contributed by atoms with Gasteiger partial charge in [0.2, 0.25) is 0 Å². The van der Waals surface area contributed by atoms with E-state index in [9.17, 15) is 14.7 Å². The topological polar surface area (TPSA) is 69.6 Å². The van der Waals surface area contributed by atoms with Crippen LogP contribution in [-0.4, -0.2) is 51.6 Å². The fraction of sp³-hybridized carbons (Fsp3) is 0.857. The van der Waals surface area contributed by atoms with Gasteiger partial charge in [-0.25, -0.2) is 9.59 Å². The highest BCUT2D eigenvalue weighted by molar-refractivity contribution is 8.00. The second-order valence-electron chi connectivity index (χ2n) is 5.36. The number of hydrogen-bond acceptors (Lipinski definition) is 3. The number of likely N-dealkylation sites (N-methyl/N-ethyl adjacent to an activating group) is 1. The van der Waals surface area contributed by atoms with E-state index >= 15 is 0 Å². The van der Waals surface area contributed by atoms with Crippen LogP contribution in [0, 0.1) is 0 Å². The van der Waals surface area contributed by atoms with Gasteiger partial charge in [0.15, 0.2) is 0 Å². The lowest BCUT2D eigenvalue weighted by molar-refractivity contribution is -0.147. The van der Waals surface area contributed by atoms with E-state index < -0.39 is 11.5 Å². The van der Waals surface area contributed by atoms with Gasteiger partial charge < -0.3 is 15.3 Å². The van der Waals surface area contributed by atoms with Crippen LogP contribution >= 0.6 is 11.8 Å². The summed E-state index contributed by atoms with van der Waals surface area (Å²) in [6, 6.07) is -0.319. The Kier molecular flexibility index (Phi) is 7.41. The summed E-state index contributed by atoms with van der Waals surface area (Å²) in [5.74, 6) is -1.00. The minimum atomic E-state index is -1.21. The van der Waals surface area contributed by atoms with Crippen molar-refractivity contribution in [1.29, 1.82) is 0 Å². The lowest BCUT2D eigenvalue weighted by Crippen LogP contribution is -2.57. The molecule has 0 spiro atoms. The van der Waals surface area contributed by atoms with Gasteiger partial charge in [-0.05, 0) is 39.9 Å². The smallest absolute Gasteiger partial charge is 0.329 e. The van der Waals surface area contributed by atoms with Gasteiger partial charge >= 0.3 is 12.0 Å². The fourth-order valence-corrected chi connectivity index (χ4v) is 2.90. The molecule has 2 amide bonds. The Bertz CT molecular complexity index is 333. The van der Waals surface area contributed by atoms with Crippen LogP contribution in [0.3, 0.4) is 0 Å². The normalized spacial score (nSPS) is 12.1. The van der Waals surface area contributed by atoms with Gasteiger partial charge in [0.05, 0.1) is 0 Å². The van der Waals surface area contributed by atoms with Crippen LogP contribution in [0.4, 0.5) is 4.79 Å². The first-order valence-corrected chi connectivity index (χ1v) is 8.27. The molecule has 20 heavy (non-hydrogen) atoms. The van der Waals surface area contributed by atoms with E-state index in [0.29, 0.717) is 13.1 Å². The second kappa shape index (κ2) is 7.76. The molecular formula is C14H28N2O3S. The zero-order valence-electron chi connectivity index (χ0n) is 13.4. The predicted octanol–water partition coefficient (Wildman–Crippen LogP) is 2.80. The molecule has 6 heteroatoms. The number of carboxylic acid groups (broad SMARTS) is 1. The van der Waals surface area contributed by atoms with Crippen molar-refractivity contribution in [3.63, 3.8) is 0 Å². The summed E-state index contributed by atoms with van der Waals surface area (Å²) in [7, 11) is 0. The number of carbonyl (C=O) groups excluding carboxylic acids is 1. The highest BCUT2D eigenvalue weighted by Gasteiger charge is 2.37. The standard InChI is InChI=1S/C14H28N2O3S/c1-7-14(8-2,20-6)10-15-12(19)16(9-3)13(4,5)11(17)18/h7-10H2,1-6H3,(H,15,19)(H,17,18). The number of hydrogen-bond donors (Lipinski definition) is 2. The first-order valence-electron chi connectivity index (χ1n) is 7.04. The van der Waals surface area contributed by atoms with E-state index in [2.05, 4.69) is 19.2 Å². The molecule has 2 N–H and O–H groups in total. The largest absolute Gasteiger partial charge is 0.480 e. The van der Waals surface area contributed by atoms with E-state index in [4.69, 9.17) is 0 Å². The first-order chi connectivity index (χ1) is 9.20. The fourth-order valence-electron chi connectivity index (χ4n) is 2.10. The first kappa shape index (κ1) is 19.1. The van der Waals surface area contributed by atoms with Gasteiger partial charge in [-0.1, -0.05) is 13.8 Å². The Balaban J connectivity index is 4.86. The van der Waals surface area contributed by atoms with Crippen LogP contribution in [0.15, 0.2) is 0 Å². The van der Waals surface area contributed by atoms with Crippen LogP contribution in [0.2, 0.25) is 0 Å². The monoisotopic (exact) mass is 304 g/mol. The number of carbonyl (C=O) groups is 2. The Morgan fingerprint density at radius 1 is 1.20 bits per heavy atom. The van der Waals surface area contributed by atoms with E-state index in [1.165, 1.54) is 4.90 Å². The third kappa shape index (κ3) is 4.30. The summed E-state index contributed by atoms with van der Waals surface area (Å²) in [5, 5.41) is 12.1. The summed E-state index contributed by atoms with van der Waals surface area (Å²) in [6.45, 7) is 9.98. The molecule has 0 aromatic heterocycles. The van der Waals surface area contributed by atoms with Crippen LogP contribution in [0.1, 0.15) is 47.5 Å². The lowest BCUT2D eigenvalue weighted by atomic mass is 10.0. The highest BCUT2D eigenvalue weighted by atomic mass is 32.2. The molecule has 118 valence electrons. The molecule has 0 aromatic rings. The molecule has 5 nitrogen and oxygen atoms in total. The van der Waals surface area contributed by atoms with Crippen molar-refractivity contribution in [2.24, 2.45) is 0 Å². The number of nitrogens with zero attached hydrogens (tertiary/aromatic N) is 1. The predicted molar refractivity (Wildman–Crippen MR) is 84.3 cm³/mol. The molecule has 0 aromatic carbocycles. The SMILES string of the molecule is CCN(C(=O)NCC(CC)(CC)SC)C(C)(C)C(=O)O. The number of rotatable bonds is 8. The molecule has 0 rings (SSSR count). The van der Waals surface area contributed by atoms with Gasteiger partial charge in [0, 0.05) is 17.8 Å². The number of carboxylic acids is 1. The Morgan fingerprint density at radius 3 is 2.00 bits per heavy atom. The molecule has 0 saturated carbocycles. The number of aliphatic carboxylic acids is 1. The Morgan fingerprint density at radius 2 is 1.70 bits per heavy atom. The van der Waals surface area contributed by atoms with Crippen LogP contribution < -0.4 is 5.32 Å². The van der Waals surface area contributed by atoms with E-state index in [1.54, 1.807) is 32.5 Å². The maximum absolute atomic E-state index is 12.3.